The van der Waals surface area contributed by atoms with Gasteiger partial charge in [0.15, 0.2) is 6.39 Å². The highest BCUT2D eigenvalue weighted by Gasteiger charge is 2.28. The number of aromatic nitrogens is 1. The van der Waals surface area contributed by atoms with Crippen LogP contribution in [0.15, 0.2) is 17.0 Å². The van der Waals surface area contributed by atoms with Gasteiger partial charge in [-0.1, -0.05) is 0 Å². The summed E-state index contributed by atoms with van der Waals surface area (Å²) in [6.45, 7) is 1.31. The molecule has 0 bridgehead atoms. The normalized spacial score (nSPS) is 21.9. The molecule has 1 aliphatic heterocycles. The number of carbonyl (C=O) groups is 1. The van der Waals surface area contributed by atoms with E-state index in [2.05, 4.69) is 17.6 Å². The Bertz CT molecular complexity index is 313. The molecule has 1 aromatic heterocycles. The maximum absolute atomic E-state index is 11.5. The average molecular weight is 212 g/mol. The third kappa shape index (κ3) is 1.92. The van der Waals surface area contributed by atoms with Crippen molar-refractivity contribution in [3.8, 4) is 0 Å². The molecule has 76 valence electrons. The van der Waals surface area contributed by atoms with E-state index < -0.39 is 0 Å². The first kappa shape index (κ1) is 9.58. The Morgan fingerprint density at radius 1 is 1.71 bits per heavy atom. The molecule has 14 heavy (non-hydrogen) atoms. The van der Waals surface area contributed by atoms with Gasteiger partial charge in [-0.3, -0.25) is 4.79 Å². The maximum atomic E-state index is 11.5. The van der Waals surface area contributed by atoms with E-state index in [1.54, 1.807) is 11.1 Å². The van der Waals surface area contributed by atoms with Gasteiger partial charge in [-0.2, -0.15) is 12.6 Å². The Morgan fingerprint density at radius 2 is 2.57 bits per heavy atom. The maximum Gasteiger partial charge on any atom is 0.223 e. The lowest BCUT2D eigenvalue weighted by Crippen LogP contribution is -2.24. The van der Waals surface area contributed by atoms with Crippen LogP contribution >= 0.6 is 12.6 Å². The van der Waals surface area contributed by atoms with Gasteiger partial charge in [-0.15, -0.1) is 0 Å². The third-order valence-electron chi connectivity index (χ3n) is 2.38. The number of oxazole rings is 1. The molecule has 1 aliphatic rings. The molecule has 2 rings (SSSR count). The van der Waals surface area contributed by atoms with E-state index in [-0.39, 0.29) is 5.91 Å². The molecule has 0 N–H and O–H groups in total. The van der Waals surface area contributed by atoms with Gasteiger partial charge in [0.25, 0.3) is 0 Å². The summed E-state index contributed by atoms with van der Waals surface area (Å²) in [5, 5.41) is 0. The minimum absolute atomic E-state index is 0.181. The van der Waals surface area contributed by atoms with Gasteiger partial charge in [-0.05, 0) is 11.7 Å². The molecule has 0 aliphatic carbocycles. The largest absolute Gasteiger partial charge is 0.447 e. The number of likely N-dealkylation sites (tertiary alicyclic amines) is 1. The summed E-state index contributed by atoms with van der Waals surface area (Å²) in [6, 6.07) is 0. The standard InChI is InChI=1S/C9H12N2O2S/c12-9-1-7(5-14)3-11(9)4-8-2-10-6-13-8/h2,6-7,14H,1,3-5H2. The van der Waals surface area contributed by atoms with Crippen LogP contribution in [-0.2, 0) is 11.3 Å². The van der Waals surface area contributed by atoms with Gasteiger partial charge in [0.05, 0.1) is 12.7 Å². The minimum atomic E-state index is 0.181. The number of nitrogens with zero attached hydrogens (tertiary/aromatic N) is 2. The molecule has 1 aromatic rings. The molecule has 0 aromatic carbocycles. The topological polar surface area (TPSA) is 46.3 Å². The first-order valence-electron chi connectivity index (χ1n) is 4.55. The number of carbonyl (C=O) groups excluding carboxylic acids is 1. The first-order valence-corrected chi connectivity index (χ1v) is 5.19. The summed E-state index contributed by atoms with van der Waals surface area (Å²) >= 11 is 4.20. The van der Waals surface area contributed by atoms with Crippen LogP contribution in [0.3, 0.4) is 0 Å². The molecule has 2 heterocycles. The lowest BCUT2D eigenvalue weighted by Gasteiger charge is -2.13. The fourth-order valence-corrected chi connectivity index (χ4v) is 1.88. The number of amides is 1. The van der Waals surface area contributed by atoms with Crippen LogP contribution in [0.4, 0.5) is 0 Å². The van der Waals surface area contributed by atoms with Crippen LogP contribution in [0.2, 0.25) is 0 Å². The zero-order valence-electron chi connectivity index (χ0n) is 7.72. The summed E-state index contributed by atoms with van der Waals surface area (Å²) < 4.78 is 5.09. The van der Waals surface area contributed by atoms with Crippen molar-refractivity contribution in [1.29, 1.82) is 0 Å². The van der Waals surface area contributed by atoms with E-state index in [9.17, 15) is 4.79 Å². The van der Waals surface area contributed by atoms with Gasteiger partial charge in [0.2, 0.25) is 5.91 Å². The first-order chi connectivity index (χ1) is 6.79. The fraction of sp³-hybridized carbons (Fsp3) is 0.556. The van der Waals surface area contributed by atoms with Crippen molar-refractivity contribution in [3.05, 3.63) is 18.4 Å². The Balaban J connectivity index is 1.96. The zero-order chi connectivity index (χ0) is 9.97. The Kier molecular flexibility index (Phi) is 2.77. The summed E-state index contributed by atoms with van der Waals surface area (Å²) in [5.41, 5.74) is 0. The van der Waals surface area contributed by atoms with Crippen molar-refractivity contribution in [2.24, 2.45) is 5.92 Å². The van der Waals surface area contributed by atoms with Crippen molar-refractivity contribution in [1.82, 2.24) is 9.88 Å². The highest BCUT2D eigenvalue weighted by atomic mass is 32.1. The van der Waals surface area contributed by atoms with E-state index in [1.165, 1.54) is 6.39 Å². The van der Waals surface area contributed by atoms with Crippen LogP contribution in [0.1, 0.15) is 12.2 Å². The van der Waals surface area contributed by atoms with Gasteiger partial charge in [-0.25, -0.2) is 4.98 Å². The second-order valence-electron chi connectivity index (χ2n) is 3.49. The molecule has 1 unspecified atom stereocenters. The Labute approximate surface area is 87.7 Å². The van der Waals surface area contributed by atoms with Crippen molar-refractivity contribution < 1.29 is 9.21 Å². The van der Waals surface area contributed by atoms with Crippen molar-refractivity contribution in [3.63, 3.8) is 0 Å². The second-order valence-corrected chi connectivity index (χ2v) is 3.86. The highest BCUT2D eigenvalue weighted by Crippen LogP contribution is 2.20. The molecule has 1 amide bonds. The molecular weight excluding hydrogens is 200 g/mol. The molecule has 0 radical (unpaired) electrons. The number of thiol groups is 1. The van der Waals surface area contributed by atoms with E-state index in [0.717, 1.165) is 18.1 Å². The zero-order valence-corrected chi connectivity index (χ0v) is 8.61. The van der Waals surface area contributed by atoms with Crippen LogP contribution in [-0.4, -0.2) is 28.1 Å². The highest BCUT2D eigenvalue weighted by molar-refractivity contribution is 7.80. The van der Waals surface area contributed by atoms with E-state index >= 15 is 0 Å². The second kappa shape index (κ2) is 4.04. The lowest BCUT2D eigenvalue weighted by molar-refractivity contribution is -0.128. The monoisotopic (exact) mass is 212 g/mol. The van der Waals surface area contributed by atoms with Gasteiger partial charge in [0.1, 0.15) is 5.76 Å². The molecule has 5 heteroatoms. The SMILES string of the molecule is O=C1CC(CS)CN1Cc1cnco1. The third-order valence-corrected chi connectivity index (χ3v) is 2.90. The molecule has 1 fully saturated rings. The summed E-state index contributed by atoms with van der Waals surface area (Å²) in [7, 11) is 0. The molecule has 1 saturated heterocycles. The predicted octanol–water partition coefficient (Wildman–Crippen LogP) is 0.953. The molecule has 0 saturated carbocycles. The quantitative estimate of drug-likeness (QED) is 0.759. The van der Waals surface area contributed by atoms with Crippen molar-refractivity contribution >= 4 is 18.5 Å². The number of hydrogen-bond donors (Lipinski definition) is 1. The smallest absolute Gasteiger partial charge is 0.223 e. The number of rotatable bonds is 3. The van der Waals surface area contributed by atoms with Gasteiger partial charge >= 0.3 is 0 Å². The van der Waals surface area contributed by atoms with Crippen LogP contribution < -0.4 is 0 Å². The molecular formula is C9H12N2O2S. The van der Waals surface area contributed by atoms with Crippen LogP contribution in [0, 0.1) is 5.92 Å². The van der Waals surface area contributed by atoms with Crippen molar-refractivity contribution in [2.45, 2.75) is 13.0 Å². The van der Waals surface area contributed by atoms with Crippen LogP contribution in [0.5, 0.6) is 0 Å². The summed E-state index contributed by atoms with van der Waals surface area (Å²) in [4.78, 5) is 17.1. The van der Waals surface area contributed by atoms with Gasteiger partial charge in [0, 0.05) is 13.0 Å². The summed E-state index contributed by atoms with van der Waals surface area (Å²) in [5.74, 6) is 2.06. The van der Waals surface area contributed by atoms with Crippen LogP contribution in [0.25, 0.3) is 0 Å². The predicted molar refractivity (Wildman–Crippen MR) is 53.9 cm³/mol. The lowest BCUT2D eigenvalue weighted by atomic mass is 10.1. The van der Waals surface area contributed by atoms with E-state index in [1.807, 2.05) is 0 Å². The Morgan fingerprint density at radius 3 is 3.14 bits per heavy atom. The summed E-state index contributed by atoms with van der Waals surface area (Å²) in [6.07, 6.45) is 3.63. The van der Waals surface area contributed by atoms with E-state index in [0.29, 0.717) is 18.9 Å². The van der Waals surface area contributed by atoms with Crippen molar-refractivity contribution in [2.75, 3.05) is 12.3 Å². The average Bonchev–Trinajstić information content (AvgIpc) is 2.78. The fourth-order valence-electron chi connectivity index (χ4n) is 1.64. The molecule has 1 atom stereocenters. The Hall–Kier alpha value is -0.970. The molecule has 0 spiro atoms. The molecule has 4 nitrogen and oxygen atoms in total. The minimum Gasteiger partial charge on any atom is -0.447 e. The van der Waals surface area contributed by atoms with E-state index in [4.69, 9.17) is 4.42 Å². The van der Waals surface area contributed by atoms with Gasteiger partial charge < -0.3 is 9.32 Å². The number of hydrogen-bond acceptors (Lipinski definition) is 4.